The standard InChI is InChI=1S/C13H20BrN3OS/c1-2-11(15)13(18)17-6-4-16(5-7-17)9-12-10(14)3-8-19-12/h3,8,11H,2,4-7,9,15H2,1H3/t11-/m1/s1. The van der Waals surface area contributed by atoms with Crippen molar-refractivity contribution in [2.75, 3.05) is 26.2 Å². The van der Waals surface area contributed by atoms with Gasteiger partial charge < -0.3 is 10.6 Å². The van der Waals surface area contributed by atoms with E-state index in [1.54, 1.807) is 11.3 Å². The SMILES string of the molecule is CC[C@@H](N)C(=O)N1CCN(Cc2sccc2Br)CC1. The largest absolute Gasteiger partial charge is 0.339 e. The number of carbonyl (C=O) groups is 1. The first-order valence-corrected chi connectivity index (χ1v) is 8.27. The van der Waals surface area contributed by atoms with Gasteiger partial charge in [-0.05, 0) is 33.8 Å². The summed E-state index contributed by atoms with van der Waals surface area (Å²) < 4.78 is 1.18. The molecule has 1 aliphatic heterocycles. The van der Waals surface area contributed by atoms with Crippen molar-refractivity contribution < 1.29 is 4.79 Å². The average Bonchev–Trinajstić information content (AvgIpc) is 2.83. The number of nitrogens with zero attached hydrogens (tertiary/aromatic N) is 2. The van der Waals surface area contributed by atoms with Gasteiger partial charge in [0.05, 0.1) is 6.04 Å². The van der Waals surface area contributed by atoms with Gasteiger partial charge in [0.2, 0.25) is 5.91 Å². The lowest BCUT2D eigenvalue weighted by Crippen LogP contribution is -2.52. The lowest BCUT2D eigenvalue weighted by molar-refractivity contribution is -0.134. The van der Waals surface area contributed by atoms with Gasteiger partial charge >= 0.3 is 0 Å². The highest BCUT2D eigenvalue weighted by molar-refractivity contribution is 9.10. The van der Waals surface area contributed by atoms with Crippen molar-refractivity contribution in [3.05, 3.63) is 20.8 Å². The van der Waals surface area contributed by atoms with Crippen molar-refractivity contribution in [3.8, 4) is 0 Å². The molecule has 106 valence electrons. The van der Waals surface area contributed by atoms with E-state index >= 15 is 0 Å². The number of carbonyl (C=O) groups excluding carboxylic acids is 1. The summed E-state index contributed by atoms with van der Waals surface area (Å²) in [6.45, 7) is 6.33. The maximum absolute atomic E-state index is 12.0. The summed E-state index contributed by atoms with van der Waals surface area (Å²) in [6, 6.07) is 1.75. The Hall–Kier alpha value is -0.430. The number of halogens is 1. The minimum atomic E-state index is -0.335. The highest BCUT2D eigenvalue weighted by Crippen LogP contribution is 2.24. The van der Waals surface area contributed by atoms with Gasteiger partial charge in [0, 0.05) is 42.1 Å². The Kier molecular flexibility index (Phi) is 5.38. The van der Waals surface area contributed by atoms with E-state index in [2.05, 4.69) is 32.3 Å². The first kappa shape index (κ1) is 15.0. The van der Waals surface area contributed by atoms with Crippen LogP contribution in [0.2, 0.25) is 0 Å². The summed E-state index contributed by atoms with van der Waals surface area (Å²) >= 11 is 5.33. The van der Waals surface area contributed by atoms with Gasteiger partial charge in [-0.3, -0.25) is 9.69 Å². The zero-order valence-electron chi connectivity index (χ0n) is 11.1. The van der Waals surface area contributed by atoms with Crippen molar-refractivity contribution in [2.24, 2.45) is 5.73 Å². The molecule has 1 aromatic heterocycles. The molecule has 1 amide bonds. The first-order chi connectivity index (χ1) is 9.11. The molecule has 0 saturated carbocycles. The van der Waals surface area contributed by atoms with E-state index in [1.165, 1.54) is 9.35 Å². The lowest BCUT2D eigenvalue weighted by Gasteiger charge is -2.35. The molecule has 0 aromatic carbocycles. The summed E-state index contributed by atoms with van der Waals surface area (Å²) in [4.78, 5) is 17.6. The van der Waals surface area contributed by atoms with Crippen LogP contribution in [0.25, 0.3) is 0 Å². The third-order valence-corrected chi connectivity index (χ3v) is 5.41. The van der Waals surface area contributed by atoms with Crippen LogP contribution in [0.1, 0.15) is 18.2 Å². The smallest absolute Gasteiger partial charge is 0.239 e. The third kappa shape index (κ3) is 3.78. The number of thiophene rings is 1. The van der Waals surface area contributed by atoms with Crippen LogP contribution in [0.5, 0.6) is 0 Å². The molecule has 2 rings (SSSR count). The topological polar surface area (TPSA) is 49.6 Å². The van der Waals surface area contributed by atoms with Crippen LogP contribution in [0, 0.1) is 0 Å². The fourth-order valence-corrected chi connectivity index (χ4v) is 3.70. The van der Waals surface area contributed by atoms with Crippen LogP contribution in [0.3, 0.4) is 0 Å². The predicted molar refractivity (Wildman–Crippen MR) is 82.1 cm³/mol. The molecule has 4 nitrogen and oxygen atoms in total. The minimum absolute atomic E-state index is 0.0967. The van der Waals surface area contributed by atoms with E-state index in [9.17, 15) is 4.79 Å². The molecule has 1 atom stereocenters. The second-order valence-electron chi connectivity index (χ2n) is 4.81. The summed E-state index contributed by atoms with van der Waals surface area (Å²) in [5, 5.41) is 2.10. The normalized spacial score (nSPS) is 18.6. The third-order valence-electron chi connectivity index (χ3n) is 3.50. The molecule has 1 saturated heterocycles. The molecule has 0 spiro atoms. The molecule has 2 heterocycles. The number of piperazine rings is 1. The second-order valence-corrected chi connectivity index (χ2v) is 6.66. The van der Waals surface area contributed by atoms with Crippen molar-refractivity contribution in [1.29, 1.82) is 0 Å². The van der Waals surface area contributed by atoms with Crippen LogP contribution in [-0.4, -0.2) is 47.9 Å². The Labute approximate surface area is 126 Å². The van der Waals surface area contributed by atoms with Gasteiger partial charge in [0.1, 0.15) is 0 Å². The maximum Gasteiger partial charge on any atom is 0.239 e. The van der Waals surface area contributed by atoms with Crippen molar-refractivity contribution in [2.45, 2.75) is 25.9 Å². The number of hydrogen-bond acceptors (Lipinski definition) is 4. The van der Waals surface area contributed by atoms with Crippen molar-refractivity contribution in [1.82, 2.24) is 9.80 Å². The van der Waals surface area contributed by atoms with Gasteiger partial charge in [-0.15, -0.1) is 11.3 Å². The second kappa shape index (κ2) is 6.83. The van der Waals surface area contributed by atoms with Gasteiger partial charge in [-0.25, -0.2) is 0 Å². The molecule has 1 fully saturated rings. The van der Waals surface area contributed by atoms with E-state index in [-0.39, 0.29) is 11.9 Å². The van der Waals surface area contributed by atoms with Crippen LogP contribution in [0.15, 0.2) is 15.9 Å². The Bertz CT molecular complexity index is 429. The number of rotatable bonds is 4. The molecule has 0 radical (unpaired) electrons. The Morgan fingerprint density at radius 1 is 1.47 bits per heavy atom. The maximum atomic E-state index is 12.0. The monoisotopic (exact) mass is 345 g/mol. The zero-order chi connectivity index (χ0) is 13.8. The summed E-state index contributed by atoms with van der Waals surface area (Å²) in [5.74, 6) is 0.0967. The molecule has 2 N–H and O–H groups in total. The van der Waals surface area contributed by atoms with Gasteiger partial charge in [0.15, 0.2) is 0 Å². The molecule has 1 aromatic rings. The molecule has 0 unspecified atom stereocenters. The summed E-state index contributed by atoms with van der Waals surface area (Å²) in [7, 11) is 0. The highest BCUT2D eigenvalue weighted by atomic mass is 79.9. The van der Waals surface area contributed by atoms with Crippen LogP contribution < -0.4 is 5.73 Å². The van der Waals surface area contributed by atoms with Crippen LogP contribution in [-0.2, 0) is 11.3 Å². The lowest BCUT2D eigenvalue weighted by atomic mass is 10.2. The highest BCUT2D eigenvalue weighted by Gasteiger charge is 2.24. The molecular weight excluding hydrogens is 326 g/mol. The zero-order valence-corrected chi connectivity index (χ0v) is 13.5. The van der Waals surface area contributed by atoms with Gasteiger partial charge in [-0.1, -0.05) is 6.92 Å². The number of hydrogen-bond donors (Lipinski definition) is 1. The molecular formula is C13H20BrN3OS. The molecule has 19 heavy (non-hydrogen) atoms. The van der Waals surface area contributed by atoms with E-state index in [0.29, 0.717) is 6.42 Å². The summed E-state index contributed by atoms with van der Waals surface area (Å²) in [5.41, 5.74) is 5.80. The van der Waals surface area contributed by atoms with E-state index in [1.807, 2.05) is 11.8 Å². The van der Waals surface area contributed by atoms with Crippen molar-refractivity contribution in [3.63, 3.8) is 0 Å². The molecule has 6 heteroatoms. The van der Waals surface area contributed by atoms with Crippen LogP contribution >= 0.6 is 27.3 Å². The van der Waals surface area contributed by atoms with E-state index in [4.69, 9.17) is 5.73 Å². The first-order valence-electron chi connectivity index (χ1n) is 6.60. The van der Waals surface area contributed by atoms with Gasteiger partial charge in [0.25, 0.3) is 0 Å². The fourth-order valence-electron chi connectivity index (χ4n) is 2.18. The summed E-state index contributed by atoms with van der Waals surface area (Å²) in [6.07, 6.45) is 0.710. The van der Waals surface area contributed by atoms with Crippen molar-refractivity contribution >= 4 is 33.2 Å². The Morgan fingerprint density at radius 3 is 2.68 bits per heavy atom. The predicted octanol–water partition coefficient (Wildman–Crippen LogP) is 1.89. The number of amides is 1. The molecule has 1 aliphatic rings. The quantitative estimate of drug-likeness (QED) is 0.906. The number of nitrogens with two attached hydrogens (primary N) is 1. The fraction of sp³-hybridized carbons (Fsp3) is 0.615. The van der Waals surface area contributed by atoms with E-state index in [0.717, 1.165) is 32.7 Å². The molecule has 0 bridgehead atoms. The van der Waals surface area contributed by atoms with Gasteiger partial charge in [-0.2, -0.15) is 0 Å². The molecule has 0 aliphatic carbocycles. The van der Waals surface area contributed by atoms with Crippen LogP contribution in [0.4, 0.5) is 0 Å². The van der Waals surface area contributed by atoms with E-state index < -0.39 is 0 Å². The Balaban J connectivity index is 1.83. The minimum Gasteiger partial charge on any atom is -0.339 e. The Morgan fingerprint density at radius 2 is 2.16 bits per heavy atom. The average molecular weight is 346 g/mol.